The van der Waals surface area contributed by atoms with Gasteiger partial charge in [0.05, 0.1) is 6.10 Å². The first-order valence-corrected chi connectivity index (χ1v) is 9.40. The third-order valence-corrected chi connectivity index (χ3v) is 8.54. The summed E-state index contributed by atoms with van der Waals surface area (Å²) in [5.74, 6) is -2.01. The number of alkyl halides is 3. The van der Waals surface area contributed by atoms with Crippen molar-refractivity contribution in [1.29, 1.82) is 0 Å². The second-order valence-corrected chi connectivity index (χ2v) is 11.4. The average Bonchev–Trinajstić information content (AvgIpc) is 2.54. The summed E-state index contributed by atoms with van der Waals surface area (Å²) in [6.07, 6.45) is -6.92. The maximum Gasteiger partial charge on any atom is 0.471 e. The molecule has 4 nitrogen and oxygen atoms in total. The van der Waals surface area contributed by atoms with Gasteiger partial charge in [0.15, 0.2) is 8.32 Å². The van der Waals surface area contributed by atoms with E-state index >= 15 is 0 Å². The van der Waals surface area contributed by atoms with Crippen LogP contribution in [0.15, 0.2) is 0 Å². The van der Waals surface area contributed by atoms with Crippen molar-refractivity contribution < 1.29 is 27.5 Å². The van der Waals surface area contributed by atoms with Gasteiger partial charge in [-0.05, 0) is 18.1 Å². The summed E-state index contributed by atoms with van der Waals surface area (Å²) < 4.78 is 43.1. The van der Waals surface area contributed by atoms with Crippen molar-refractivity contribution in [3.63, 3.8) is 0 Å². The summed E-state index contributed by atoms with van der Waals surface area (Å²) in [6.45, 7) is 9.79. The van der Waals surface area contributed by atoms with Gasteiger partial charge in [-0.15, -0.1) is 0 Å². The highest BCUT2D eigenvalue weighted by molar-refractivity contribution is 6.74. The van der Waals surface area contributed by atoms with Gasteiger partial charge in [0.25, 0.3) is 0 Å². The SMILES string of the molecule is CC(C)(C)[Si](C)(C)O[C@H]1C[C@@H](O)N(C(=O)C(F)(F)F)C1. The molecule has 0 bridgehead atoms. The molecule has 0 aromatic carbocycles. The fourth-order valence-electron chi connectivity index (χ4n) is 1.84. The standard InChI is InChI=1S/C12H22F3NO3Si/c1-11(2,3)20(4,5)19-8-6-9(17)16(7-8)10(18)12(13,14)15/h8-9,17H,6-7H2,1-5H3/t8-,9+/m0/s1. The molecule has 1 fully saturated rings. The van der Waals surface area contributed by atoms with E-state index in [0.717, 1.165) is 0 Å². The van der Waals surface area contributed by atoms with Crippen molar-refractivity contribution in [2.45, 2.75) is 63.8 Å². The topological polar surface area (TPSA) is 49.8 Å². The summed E-state index contributed by atoms with van der Waals surface area (Å²) in [4.78, 5) is 11.6. The molecule has 0 unspecified atom stereocenters. The Bertz CT molecular complexity index is 379. The van der Waals surface area contributed by atoms with Crippen LogP contribution >= 0.6 is 0 Å². The Morgan fingerprint density at radius 1 is 1.30 bits per heavy atom. The van der Waals surface area contributed by atoms with Crippen molar-refractivity contribution in [3.8, 4) is 0 Å². The van der Waals surface area contributed by atoms with Crippen LogP contribution in [0.4, 0.5) is 13.2 Å². The molecular weight excluding hydrogens is 291 g/mol. The number of halogens is 3. The predicted octanol–water partition coefficient (Wildman–Crippen LogP) is 2.49. The maximum atomic E-state index is 12.4. The van der Waals surface area contributed by atoms with Crippen molar-refractivity contribution in [2.75, 3.05) is 6.54 Å². The minimum Gasteiger partial charge on any atom is -0.412 e. The zero-order valence-electron chi connectivity index (χ0n) is 12.4. The Morgan fingerprint density at radius 3 is 2.20 bits per heavy atom. The fourth-order valence-corrected chi connectivity index (χ4v) is 3.20. The molecule has 0 aromatic heterocycles. The Morgan fingerprint density at radius 2 is 1.80 bits per heavy atom. The van der Waals surface area contributed by atoms with Crippen LogP contribution in [0.25, 0.3) is 0 Å². The highest BCUT2D eigenvalue weighted by Gasteiger charge is 2.49. The summed E-state index contributed by atoms with van der Waals surface area (Å²) in [7, 11) is -2.14. The summed E-state index contributed by atoms with van der Waals surface area (Å²) in [5.41, 5.74) is 0. The molecule has 1 heterocycles. The lowest BCUT2D eigenvalue weighted by Crippen LogP contribution is -2.46. The molecule has 1 aliphatic heterocycles. The monoisotopic (exact) mass is 313 g/mol. The molecule has 20 heavy (non-hydrogen) atoms. The molecule has 1 saturated heterocycles. The van der Waals surface area contributed by atoms with Gasteiger partial charge in [-0.3, -0.25) is 4.79 Å². The Hall–Kier alpha value is -0.603. The molecule has 0 aliphatic carbocycles. The van der Waals surface area contributed by atoms with E-state index < -0.39 is 32.7 Å². The van der Waals surface area contributed by atoms with Gasteiger partial charge < -0.3 is 14.4 Å². The van der Waals surface area contributed by atoms with Crippen molar-refractivity contribution >= 4 is 14.2 Å². The molecule has 1 N–H and O–H groups in total. The predicted molar refractivity (Wildman–Crippen MR) is 70.5 cm³/mol. The van der Waals surface area contributed by atoms with Gasteiger partial charge in [0.1, 0.15) is 6.23 Å². The van der Waals surface area contributed by atoms with Crippen LogP contribution in [-0.4, -0.2) is 49.3 Å². The second-order valence-electron chi connectivity index (χ2n) is 6.67. The van der Waals surface area contributed by atoms with Crippen LogP contribution in [0, 0.1) is 0 Å². The van der Waals surface area contributed by atoms with Gasteiger partial charge in [-0.1, -0.05) is 20.8 Å². The second kappa shape index (κ2) is 5.30. The van der Waals surface area contributed by atoms with E-state index in [9.17, 15) is 23.1 Å². The van der Waals surface area contributed by atoms with Crippen LogP contribution in [-0.2, 0) is 9.22 Å². The number of amides is 1. The number of aliphatic hydroxyl groups is 1. The molecule has 0 aromatic rings. The van der Waals surface area contributed by atoms with Gasteiger partial charge in [0, 0.05) is 13.0 Å². The lowest BCUT2D eigenvalue weighted by atomic mass is 10.2. The first-order valence-electron chi connectivity index (χ1n) is 6.49. The van der Waals surface area contributed by atoms with Crippen LogP contribution in [0.2, 0.25) is 18.1 Å². The summed E-state index contributed by atoms with van der Waals surface area (Å²) in [5, 5.41) is 9.55. The molecule has 0 radical (unpaired) electrons. The molecular formula is C12H22F3NO3Si. The minimum absolute atomic E-state index is 0.0222. The van der Waals surface area contributed by atoms with Gasteiger partial charge in [-0.2, -0.15) is 13.2 Å². The van der Waals surface area contributed by atoms with Crippen molar-refractivity contribution in [1.82, 2.24) is 4.90 Å². The van der Waals surface area contributed by atoms with Crippen molar-refractivity contribution in [3.05, 3.63) is 0 Å². The molecule has 1 amide bonds. The number of hydrogen-bond acceptors (Lipinski definition) is 3. The summed E-state index contributed by atoms with van der Waals surface area (Å²) in [6, 6.07) is 0. The zero-order valence-corrected chi connectivity index (χ0v) is 13.4. The van der Waals surface area contributed by atoms with Gasteiger partial charge >= 0.3 is 12.1 Å². The number of nitrogens with zero attached hydrogens (tertiary/aromatic N) is 1. The lowest BCUT2D eigenvalue weighted by molar-refractivity contribution is -0.191. The van der Waals surface area contributed by atoms with Crippen LogP contribution < -0.4 is 0 Å². The first kappa shape index (κ1) is 17.4. The normalized spacial score (nSPS) is 25.1. The number of aliphatic hydroxyl groups excluding tert-OH is 1. The number of rotatable bonds is 2. The zero-order chi connectivity index (χ0) is 15.9. The Labute approximate surface area is 118 Å². The number of carbonyl (C=O) groups is 1. The van der Waals surface area contributed by atoms with Gasteiger partial charge in [-0.25, -0.2) is 0 Å². The van der Waals surface area contributed by atoms with Crippen LogP contribution in [0.3, 0.4) is 0 Å². The van der Waals surface area contributed by atoms with Crippen LogP contribution in [0.1, 0.15) is 27.2 Å². The maximum absolute atomic E-state index is 12.4. The number of likely N-dealkylation sites (tertiary alicyclic amines) is 1. The minimum atomic E-state index is -4.97. The van der Waals surface area contributed by atoms with E-state index in [-0.39, 0.29) is 18.0 Å². The molecule has 8 heteroatoms. The quantitative estimate of drug-likeness (QED) is 0.797. The summed E-state index contributed by atoms with van der Waals surface area (Å²) >= 11 is 0. The van der Waals surface area contributed by atoms with Crippen LogP contribution in [0.5, 0.6) is 0 Å². The van der Waals surface area contributed by atoms with E-state index in [1.807, 2.05) is 33.9 Å². The molecule has 2 atom stereocenters. The Balaban J connectivity index is 2.74. The third kappa shape index (κ3) is 3.73. The molecule has 0 spiro atoms. The van der Waals surface area contributed by atoms with E-state index in [1.54, 1.807) is 0 Å². The Kier molecular flexibility index (Phi) is 4.63. The number of carbonyl (C=O) groups excluding carboxylic acids is 1. The van der Waals surface area contributed by atoms with E-state index in [0.29, 0.717) is 4.90 Å². The van der Waals surface area contributed by atoms with E-state index in [4.69, 9.17) is 4.43 Å². The van der Waals surface area contributed by atoms with Gasteiger partial charge in [0.2, 0.25) is 0 Å². The molecule has 1 aliphatic rings. The molecule has 1 rings (SSSR count). The fraction of sp³-hybridized carbons (Fsp3) is 0.917. The highest BCUT2D eigenvalue weighted by atomic mass is 28.4. The molecule has 118 valence electrons. The van der Waals surface area contributed by atoms with Crippen molar-refractivity contribution in [2.24, 2.45) is 0 Å². The van der Waals surface area contributed by atoms with E-state index in [2.05, 4.69) is 0 Å². The third-order valence-electron chi connectivity index (χ3n) is 4.00. The largest absolute Gasteiger partial charge is 0.471 e. The molecule has 0 saturated carbocycles. The average molecular weight is 313 g/mol. The highest BCUT2D eigenvalue weighted by Crippen LogP contribution is 2.39. The smallest absolute Gasteiger partial charge is 0.412 e. The lowest BCUT2D eigenvalue weighted by Gasteiger charge is -2.38. The number of hydrogen-bond donors (Lipinski definition) is 1. The van der Waals surface area contributed by atoms with E-state index in [1.165, 1.54) is 0 Å². The first-order chi connectivity index (χ1) is 8.75.